The first kappa shape index (κ1) is 22.1. The van der Waals surface area contributed by atoms with Crippen molar-refractivity contribution in [2.45, 2.75) is 35.4 Å². The summed E-state index contributed by atoms with van der Waals surface area (Å²) in [5, 5.41) is 12.2. The van der Waals surface area contributed by atoms with Crippen molar-refractivity contribution < 1.29 is 8.42 Å². The summed E-state index contributed by atoms with van der Waals surface area (Å²) in [5.74, 6) is 1.07. The van der Waals surface area contributed by atoms with Gasteiger partial charge in [-0.15, -0.1) is 11.8 Å². The van der Waals surface area contributed by atoms with Gasteiger partial charge in [-0.05, 0) is 42.0 Å². The average Bonchev–Trinajstić information content (AvgIpc) is 3.21. The van der Waals surface area contributed by atoms with Gasteiger partial charge in [0.15, 0.2) is 5.82 Å². The lowest BCUT2D eigenvalue weighted by Gasteiger charge is -2.14. The lowest BCUT2D eigenvalue weighted by Crippen LogP contribution is -2.11. The lowest BCUT2D eigenvalue weighted by atomic mass is 10.2. The molecule has 0 saturated heterocycles. The van der Waals surface area contributed by atoms with Crippen LogP contribution in [0, 0.1) is 0 Å². The van der Waals surface area contributed by atoms with Gasteiger partial charge in [0.05, 0.1) is 10.4 Å². The molecule has 0 amide bonds. The van der Waals surface area contributed by atoms with Crippen LogP contribution in [0.25, 0.3) is 11.0 Å². The predicted octanol–water partition coefficient (Wildman–Crippen LogP) is 4.46. The molecular weight excluding hydrogens is 444 g/mol. The Balaban J connectivity index is 1.58. The molecule has 2 aromatic carbocycles. The minimum absolute atomic E-state index is 0.0466. The van der Waals surface area contributed by atoms with Crippen molar-refractivity contribution in [3.05, 3.63) is 66.4 Å². The van der Waals surface area contributed by atoms with Crippen molar-refractivity contribution in [1.82, 2.24) is 15.0 Å². The predicted molar refractivity (Wildman–Crippen MR) is 130 cm³/mol. The highest BCUT2D eigenvalue weighted by Gasteiger charge is 2.12. The van der Waals surface area contributed by atoms with Gasteiger partial charge in [-0.25, -0.2) is 18.5 Å². The number of benzene rings is 2. The van der Waals surface area contributed by atoms with Gasteiger partial charge in [0.1, 0.15) is 5.52 Å². The van der Waals surface area contributed by atoms with Crippen LogP contribution in [0.4, 0.5) is 17.5 Å². The Labute approximate surface area is 191 Å². The Morgan fingerprint density at radius 1 is 1.06 bits per heavy atom. The lowest BCUT2D eigenvalue weighted by molar-refractivity contribution is 0.598. The molecule has 0 spiro atoms. The zero-order valence-corrected chi connectivity index (χ0v) is 19.3. The Kier molecular flexibility index (Phi) is 6.35. The summed E-state index contributed by atoms with van der Waals surface area (Å²) >= 11 is 1.83. The number of fused-ring (bicyclic) bond motifs is 1. The number of sulfonamides is 1. The standard InChI is InChI=1S/C22H24N6O2S2/c1-14(2)31-19-6-4-3-5-15(19)13-25-21-20-18(11-12-24-20)27-22(28-21)26-16-7-9-17(10-8-16)32(23,29)30/h3-12,14,24H,13H2,1-2H3,(H2,23,29,30)(H2,25,26,27,28). The summed E-state index contributed by atoms with van der Waals surface area (Å²) in [6.45, 7) is 4.97. The largest absolute Gasteiger partial charge is 0.364 e. The van der Waals surface area contributed by atoms with Gasteiger partial charge in [-0.1, -0.05) is 32.0 Å². The maximum atomic E-state index is 11.5. The first-order chi connectivity index (χ1) is 15.3. The molecule has 10 heteroatoms. The number of H-pyrrole nitrogens is 1. The quantitative estimate of drug-likeness (QED) is 0.281. The Bertz CT molecular complexity index is 1330. The van der Waals surface area contributed by atoms with Crippen LogP contribution in [-0.4, -0.2) is 28.6 Å². The number of rotatable bonds is 8. The zero-order chi connectivity index (χ0) is 22.7. The fourth-order valence-electron chi connectivity index (χ4n) is 3.18. The average molecular weight is 469 g/mol. The van der Waals surface area contributed by atoms with Gasteiger partial charge in [0.25, 0.3) is 0 Å². The van der Waals surface area contributed by atoms with Gasteiger partial charge < -0.3 is 15.6 Å². The summed E-state index contributed by atoms with van der Waals surface area (Å²) < 4.78 is 22.9. The normalized spacial score (nSPS) is 11.8. The van der Waals surface area contributed by atoms with Gasteiger partial charge >= 0.3 is 0 Å². The topological polar surface area (TPSA) is 126 Å². The van der Waals surface area contributed by atoms with Crippen molar-refractivity contribution in [3.63, 3.8) is 0 Å². The highest BCUT2D eigenvalue weighted by molar-refractivity contribution is 8.00. The molecule has 4 rings (SSSR count). The number of anilines is 3. The number of nitrogens with two attached hydrogens (primary N) is 1. The van der Waals surface area contributed by atoms with Gasteiger partial charge in [0.2, 0.25) is 16.0 Å². The van der Waals surface area contributed by atoms with Gasteiger partial charge in [-0.3, -0.25) is 0 Å². The monoisotopic (exact) mass is 468 g/mol. The smallest absolute Gasteiger partial charge is 0.238 e. The summed E-state index contributed by atoms with van der Waals surface area (Å²) in [6, 6.07) is 16.3. The van der Waals surface area contributed by atoms with E-state index in [9.17, 15) is 8.42 Å². The molecule has 2 aromatic heterocycles. The molecule has 0 saturated carbocycles. The zero-order valence-electron chi connectivity index (χ0n) is 17.7. The molecule has 0 atom stereocenters. The summed E-state index contributed by atoms with van der Waals surface area (Å²) in [6.07, 6.45) is 1.82. The third-order valence-corrected chi connectivity index (χ3v) is 6.68. The first-order valence-corrected chi connectivity index (χ1v) is 12.5. The van der Waals surface area contributed by atoms with E-state index in [0.717, 1.165) is 11.0 Å². The van der Waals surface area contributed by atoms with Gasteiger partial charge in [-0.2, -0.15) is 4.98 Å². The van der Waals surface area contributed by atoms with Crippen LogP contribution in [-0.2, 0) is 16.6 Å². The fourth-order valence-corrected chi connectivity index (χ4v) is 4.66. The number of hydrogen-bond acceptors (Lipinski definition) is 7. The van der Waals surface area contributed by atoms with Crippen LogP contribution in [0.3, 0.4) is 0 Å². The van der Waals surface area contributed by atoms with E-state index in [4.69, 9.17) is 5.14 Å². The SMILES string of the molecule is CC(C)Sc1ccccc1CNc1nc(Nc2ccc(S(N)(=O)=O)cc2)nc2cc[nH]c12. The van der Waals surface area contributed by atoms with Crippen molar-refractivity contribution >= 4 is 50.3 Å². The molecule has 0 bridgehead atoms. The number of aromatic nitrogens is 3. The van der Waals surface area contributed by atoms with Crippen LogP contribution in [0.15, 0.2) is 70.6 Å². The second-order valence-electron chi connectivity index (χ2n) is 7.46. The Morgan fingerprint density at radius 3 is 2.53 bits per heavy atom. The van der Waals surface area contributed by atoms with E-state index >= 15 is 0 Å². The molecule has 166 valence electrons. The second kappa shape index (κ2) is 9.19. The van der Waals surface area contributed by atoms with Crippen molar-refractivity contribution in [2.24, 2.45) is 5.14 Å². The maximum Gasteiger partial charge on any atom is 0.238 e. The molecule has 2 heterocycles. The van der Waals surface area contributed by atoms with Crippen LogP contribution < -0.4 is 15.8 Å². The Hall–Kier alpha value is -3.08. The molecule has 0 fully saturated rings. The van der Waals surface area contributed by atoms with Crippen molar-refractivity contribution in [2.75, 3.05) is 10.6 Å². The van der Waals surface area contributed by atoms with E-state index in [1.807, 2.05) is 36.2 Å². The first-order valence-electron chi connectivity index (χ1n) is 10.0. The summed E-state index contributed by atoms with van der Waals surface area (Å²) in [5.41, 5.74) is 3.42. The number of nitrogens with one attached hydrogen (secondary N) is 3. The van der Waals surface area contributed by atoms with Crippen LogP contribution >= 0.6 is 11.8 Å². The van der Waals surface area contributed by atoms with Gasteiger partial charge in [0, 0.05) is 28.6 Å². The van der Waals surface area contributed by atoms with E-state index < -0.39 is 10.0 Å². The number of hydrogen-bond donors (Lipinski definition) is 4. The highest BCUT2D eigenvalue weighted by Crippen LogP contribution is 2.28. The third kappa shape index (κ3) is 5.21. The number of aromatic amines is 1. The minimum Gasteiger partial charge on any atom is -0.364 e. The molecule has 0 aliphatic carbocycles. The molecule has 0 unspecified atom stereocenters. The van der Waals surface area contributed by atoms with Crippen LogP contribution in [0.2, 0.25) is 0 Å². The van der Waals surface area contributed by atoms with Crippen molar-refractivity contribution in [1.29, 1.82) is 0 Å². The molecule has 8 nitrogen and oxygen atoms in total. The van der Waals surface area contributed by atoms with E-state index in [1.54, 1.807) is 12.1 Å². The van der Waals surface area contributed by atoms with E-state index in [1.165, 1.54) is 22.6 Å². The summed E-state index contributed by atoms with van der Waals surface area (Å²) in [4.78, 5) is 13.6. The van der Waals surface area contributed by atoms with E-state index in [2.05, 4.69) is 51.6 Å². The number of thioether (sulfide) groups is 1. The molecule has 5 N–H and O–H groups in total. The molecule has 4 aromatic rings. The Morgan fingerprint density at radius 2 is 1.81 bits per heavy atom. The highest BCUT2D eigenvalue weighted by atomic mass is 32.2. The molecular formula is C22H24N6O2S2. The molecule has 32 heavy (non-hydrogen) atoms. The van der Waals surface area contributed by atoms with E-state index in [0.29, 0.717) is 29.2 Å². The maximum absolute atomic E-state index is 11.5. The molecule has 0 radical (unpaired) electrons. The second-order valence-corrected chi connectivity index (χ2v) is 10.6. The van der Waals surface area contributed by atoms with Crippen LogP contribution in [0.1, 0.15) is 19.4 Å². The fraction of sp³-hybridized carbons (Fsp3) is 0.182. The molecule has 0 aliphatic rings. The van der Waals surface area contributed by atoms with Crippen molar-refractivity contribution in [3.8, 4) is 0 Å². The number of primary sulfonamides is 1. The minimum atomic E-state index is -3.74. The van der Waals surface area contributed by atoms with E-state index in [-0.39, 0.29) is 4.90 Å². The summed E-state index contributed by atoms with van der Waals surface area (Å²) in [7, 11) is -3.74. The van der Waals surface area contributed by atoms with Crippen LogP contribution in [0.5, 0.6) is 0 Å². The molecule has 0 aliphatic heterocycles. The number of nitrogens with zero attached hydrogens (tertiary/aromatic N) is 2. The third-order valence-electron chi connectivity index (χ3n) is 4.63.